The summed E-state index contributed by atoms with van der Waals surface area (Å²) < 4.78 is 0. The van der Waals surface area contributed by atoms with Gasteiger partial charge in [0.05, 0.1) is 0 Å². The van der Waals surface area contributed by atoms with Crippen molar-refractivity contribution < 1.29 is 5.11 Å². The van der Waals surface area contributed by atoms with Crippen LogP contribution in [0.25, 0.3) is 0 Å². The summed E-state index contributed by atoms with van der Waals surface area (Å²) in [6.07, 6.45) is 8.49. The molecule has 0 amide bonds. The Morgan fingerprint density at radius 3 is 1.53 bits per heavy atom. The average molecular weight is 208 g/mol. The van der Waals surface area contributed by atoms with Crippen molar-refractivity contribution in [2.45, 2.75) is 52.4 Å². The van der Waals surface area contributed by atoms with E-state index in [9.17, 15) is 0 Å². The smallest absolute Gasteiger partial charge is 0.115 e. The van der Waals surface area contributed by atoms with Gasteiger partial charge in [0.25, 0.3) is 0 Å². The number of para-hydroxylation sites is 1. The fourth-order valence-electron chi connectivity index (χ4n) is 1.28. The molecule has 0 saturated carbocycles. The molecule has 0 saturated heterocycles. The number of phenols is 1. The van der Waals surface area contributed by atoms with Crippen LogP contribution < -0.4 is 0 Å². The first-order chi connectivity index (χ1) is 7.31. The van der Waals surface area contributed by atoms with E-state index < -0.39 is 0 Å². The number of unbranched alkanes of at least 4 members (excludes halogenated alkanes) is 5. The van der Waals surface area contributed by atoms with Crippen molar-refractivity contribution in [3.8, 4) is 5.75 Å². The normalized spacial score (nSPS) is 9.20. The van der Waals surface area contributed by atoms with Crippen molar-refractivity contribution in [2.75, 3.05) is 0 Å². The van der Waals surface area contributed by atoms with Crippen molar-refractivity contribution in [2.24, 2.45) is 0 Å². The summed E-state index contributed by atoms with van der Waals surface area (Å²) in [4.78, 5) is 0. The molecule has 0 aliphatic heterocycles. The first kappa shape index (κ1) is 14.0. The summed E-state index contributed by atoms with van der Waals surface area (Å²) in [6.45, 7) is 4.51. The zero-order chi connectivity index (χ0) is 11.4. The summed E-state index contributed by atoms with van der Waals surface area (Å²) in [5, 5.41) is 8.63. The summed E-state index contributed by atoms with van der Waals surface area (Å²) in [6, 6.07) is 8.71. The van der Waals surface area contributed by atoms with Gasteiger partial charge in [-0.3, -0.25) is 0 Å². The molecule has 0 fully saturated rings. The maximum Gasteiger partial charge on any atom is 0.115 e. The monoisotopic (exact) mass is 208 g/mol. The Morgan fingerprint density at radius 1 is 0.800 bits per heavy atom. The average Bonchev–Trinajstić information content (AvgIpc) is 2.27. The zero-order valence-corrected chi connectivity index (χ0v) is 10.1. The van der Waals surface area contributed by atoms with Gasteiger partial charge in [-0.2, -0.15) is 0 Å². The van der Waals surface area contributed by atoms with Crippen molar-refractivity contribution in [1.82, 2.24) is 0 Å². The Bertz CT molecular complexity index is 200. The lowest BCUT2D eigenvalue weighted by molar-refractivity contribution is 0.475. The van der Waals surface area contributed by atoms with Gasteiger partial charge in [-0.05, 0) is 12.1 Å². The Labute approximate surface area is 94.2 Å². The molecule has 0 radical (unpaired) electrons. The highest BCUT2D eigenvalue weighted by Crippen LogP contribution is 2.03. The largest absolute Gasteiger partial charge is 0.508 e. The van der Waals surface area contributed by atoms with Crippen molar-refractivity contribution in [3.05, 3.63) is 30.3 Å². The second-order valence-corrected chi connectivity index (χ2v) is 3.75. The van der Waals surface area contributed by atoms with Crippen LogP contribution >= 0.6 is 0 Å². The number of benzene rings is 1. The molecule has 15 heavy (non-hydrogen) atoms. The lowest BCUT2D eigenvalue weighted by Crippen LogP contribution is -1.73. The first-order valence-electron chi connectivity index (χ1n) is 6.05. The molecule has 1 aromatic carbocycles. The second-order valence-electron chi connectivity index (χ2n) is 3.75. The van der Waals surface area contributed by atoms with Crippen LogP contribution in [0.5, 0.6) is 5.75 Å². The van der Waals surface area contributed by atoms with E-state index in [0.29, 0.717) is 5.75 Å². The van der Waals surface area contributed by atoms with Gasteiger partial charge in [0.15, 0.2) is 0 Å². The molecule has 1 aromatic rings. The molecule has 0 aliphatic rings. The van der Waals surface area contributed by atoms with E-state index in [0.717, 1.165) is 0 Å². The third-order valence-corrected chi connectivity index (χ3v) is 2.21. The summed E-state index contributed by atoms with van der Waals surface area (Å²) in [5.41, 5.74) is 0. The van der Waals surface area contributed by atoms with Gasteiger partial charge < -0.3 is 5.11 Å². The van der Waals surface area contributed by atoms with E-state index in [-0.39, 0.29) is 0 Å². The third kappa shape index (κ3) is 10.9. The first-order valence-corrected chi connectivity index (χ1v) is 6.05. The quantitative estimate of drug-likeness (QED) is 0.692. The molecule has 86 valence electrons. The predicted molar refractivity (Wildman–Crippen MR) is 67.2 cm³/mol. The minimum atomic E-state index is 0.322. The Morgan fingerprint density at radius 2 is 1.27 bits per heavy atom. The van der Waals surface area contributed by atoms with E-state index in [1.54, 1.807) is 24.3 Å². The molecule has 1 nitrogen and oxygen atoms in total. The molecule has 0 atom stereocenters. The van der Waals surface area contributed by atoms with Gasteiger partial charge in [0.2, 0.25) is 0 Å². The molecule has 0 spiro atoms. The lowest BCUT2D eigenvalue weighted by Gasteiger charge is -1.93. The number of hydrogen-bond acceptors (Lipinski definition) is 1. The van der Waals surface area contributed by atoms with Crippen LogP contribution in [-0.4, -0.2) is 5.11 Å². The lowest BCUT2D eigenvalue weighted by atomic mass is 10.1. The zero-order valence-electron chi connectivity index (χ0n) is 10.1. The fourth-order valence-corrected chi connectivity index (χ4v) is 1.28. The van der Waals surface area contributed by atoms with Crippen LogP contribution in [0.1, 0.15) is 52.4 Å². The van der Waals surface area contributed by atoms with Crippen LogP contribution in [0.15, 0.2) is 30.3 Å². The number of rotatable bonds is 5. The molecule has 0 aliphatic carbocycles. The SMILES string of the molecule is CCCCCCCC.Oc1ccccc1. The third-order valence-electron chi connectivity index (χ3n) is 2.21. The van der Waals surface area contributed by atoms with Crippen LogP contribution in [0.3, 0.4) is 0 Å². The number of aromatic hydroxyl groups is 1. The molecular formula is C14H24O. The van der Waals surface area contributed by atoms with E-state index in [1.165, 1.54) is 38.5 Å². The minimum Gasteiger partial charge on any atom is -0.508 e. The Hall–Kier alpha value is -0.980. The molecule has 0 unspecified atom stereocenters. The maximum absolute atomic E-state index is 8.63. The van der Waals surface area contributed by atoms with Gasteiger partial charge in [0, 0.05) is 0 Å². The van der Waals surface area contributed by atoms with E-state index in [4.69, 9.17) is 5.11 Å². The summed E-state index contributed by atoms with van der Waals surface area (Å²) in [5.74, 6) is 0.322. The molecule has 1 heteroatoms. The summed E-state index contributed by atoms with van der Waals surface area (Å²) in [7, 11) is 0. The minimum absolute atomic E-state index is 0.322. The topological polar surface area (TPSA) is 20.2 Å². The van der Waals surface area contributed by atoms with Crippen LogP contribution in [0.4, 0.5) is 0 Å². The molecule has 0 aromatic heterocycles. The number of hydrogen-bond donors (Lipinski definition) is 1. The van der Waals surface area contributed by atoms with Crippen LogP contribution in [-0.2, 0) is 0 Å². The Kier molecular flexibility index (Phi) is 10.4. The standard InChI is InChI=1S/C8H18.C6H6O/c1-3-5-7-8-6-4-2;7-6-4-2-1-3-5-6/h3-8H2,1-2H3;1-5,7H. The van der Waals surface area contributed by atoms with Crippen molar-refractivity contribution in [1.29, 1.82) is 0 Å². The highest BCUT2D eigenvalue weighted by atomic mass is 16.3. The van der Waals surface area contributed by atoms with Gasteiger partial charge in [-0.15, -0.1) is 0 Å². The van der Waals surface area contributed by atoms with E-state index >= 15 is 0 Å². The van der Waals surface area contributed by atoms with Crippen LogP contribution in [0, 0.1) is 0 Å². The molecular weight excluding hydrogens is 184 g/mol. The van der Waals surface area contributed by atoms with Gasteiger partial charge in [-0.25, -0.2) is 0 Å². The summed E-state index contributed by atoms with van der Waals surface area (Å²) >= 11 is 0. The highest BCUT2D eigenvalue weighted by Gasteiger charge is 1.83. The fraction of sp³-hybridized carbons (Fsp3) is 0.571. The van der Waals surface area contributed by atoms with E-state index in [2.05, 4.69) is 13.8 Å². The Balaban J connectivity index is 0.000000262. The molecule has 0 bridgehead atoms. The van der Waals surface area contributed by atoms with Crippen molar-refractivity contribution >= 4 is 0 Å². The van der Waals surface area contributed by atoms with Crippen molar-refractivity contribution in [3.63, 3.8) is 0 Å². The predicted octanol–water partition coefficient (Wildman–Crippen LogP) is 4.76. The van der Waals surface area contributed by atoms with E-state index in [1.807, 2.05) is 6.07 Å². The molecule has 1 N–H and O–H groups in total. The molecule has 0 heterocycles. The maximum atomic E-state index is 8.63. The van der Waals surface area contributed by atoms with Gasteiger partial charge >= 0.3 is 0 Å². The van der Waals surface area contributed by atoms with Crippen LogP contribution in [0.2, 0.25) is 0 Å². The second kappa shape index (κ2) is 11.1. The van der Waals surface area contributed by atoms with Gasteiger partial charge in [-0.1, -0.05) is 70.6 Å². The molecule has 1 rings (SSSR count). The number of phenolic OH excluding ortho intramolecular Hbond substituents is 1. The van der Waals surface area contributed by atoms with Gasteiger partial charge in [0.1, 0.15) is 5.75 Å². The highest BCUT2D eigenvalue weighted by molar-refractivity contribution is 5.18.